The van der Waals surface area contributed by atoms with Crippen LogP contribution < -0.4 is 0 Å². The van der Waals surface area contributed by atoms with Crippen LogP contribution in [0.25, 0.3) is 0 Å². The van der Waals surface area contributed by atoms with Crippen LogP contribution in [0.4, 0.5) is 8.78 Å². The van der Waals surface area contributed by atoms with Gasteiger partial charge in [-0.3, -0.25) is 4.98 Å². The van der Waals surface area contributed by atoms with E-state index in [1.54, 1.807) is 22.6 Å². The fraction of sp³-hybridized carbons (Fsp3) is 0.250. The van der Waals surface area contributed by atoms with Crippen LogP contribution in [-0.2, 0) is 5.88 Å². The molecule has 0 saturated carbocycles. The molecular formula is C8H5ClF2INO2. The second-order valence-electron chi connectivity index (χ2n) is 2.59. The van der Waals surface area contributed by atoms with E-state index in [4.69, 9.17) is 16.7 Å². The van der Waals surface area contributed by atoms with Gasteiger partial charge in [-0.2, -0.15) is 0 Å². The van der Waals surface area contributed by atoms with Gasteiger partial charge in [0.05, 0.1) is 22.7 Å². The molecule has 1 rings (SSSR count). The topological polar surface area (TPSA) is 50.2 Å². The smallest absolute Gasteiger partial charge is 0.338 e. The van der Waals surface area contributed by atoms with Gasteiger partial charge >= 0.3 is 5.97 Å². The Hall–Kier alpha value is -0.500. The van der Waals surface area contributed by atoms with Crippen LogP contribution in [-0.4, -0.2) is 16.1 Å². The molecule has 0 bridgehead atoms. The highest BCUT2D eigenvalue weighted by atomic mass is 127. The van der Waals surface area contributed by atoms with E-state index < -0.39 is 18.0 Å². The van der Waals surface area contributed by atoms with E-state index in [1.165, 1.54) is 0 Å². The lowest BCUT2D eigenvalue weighted by molar-refractivity contribution is 0.0694. The second-order valence-corrected chi connectivity index (χ2v) is 3.93. The Morgan fingerprint density at radius 3 is 2.67 bits per heavy atom. The van der Waals surface area contributed by atoms with Crippen LogP contribution in [0.5, 0.6) is 0 Å². The Balaban J connectivity index is 3.42. The SMILES string of the molecule is O=C(O)c1cnc(CCl)c(C(F)F)c1I. The van der Waals surface area contributed by atoms with Crippen molar-refractivity contribution < 1.29 is 18.7 Å². The summed E-state index contributed by atoms with van der Waals surface area (Å²) in [5.74, 6) is -1.45. The van der Waals surface area contributed by atoms with Gasteiger partial charge in [-0.15, -0.1) is 11.6 Å². The number of halogens is 4. The summed E-state index contributed by atoms with van der Waals surface area (Å²) >= 11 is 6.99. The Kier molecular flexibility index (Phi) is 4.21. The van der Waals surface area contributed by atoms with Crippen molar-refractivity contribution in [2.75, 3.05) is 0 Å². The molecule has 0 saturated heterocycles. The van der Waals surface area contributed by atoms with E-state index in [0.717, 1.165) is 6.20 Å². The first kappa shape index (κ1) is 12.6. The predicted molar refractivity (Wildman–Crippen MR) is 58.4 cm³/mol. The monoisotopic (exact) mass is 347 g/mol. The maximum Gasteiger partial charge on any atom is 0.338 e. The van der Waals surface area contributed by atoms with Crippen molar-refractivity contribution in [3.63, 3.8) is 0 Å². The van der Waals surface area contributed by atoms with Crippen molar-refractivity contribution in [1.29, 1.82) is 0 Å². The third-order valence-corrected chi connectivity index (χ3v) is 3.12. The summed E-state index contributed by atoms with van der Waals surface area (Å²) in [5, 5.41) is 8.71. The quantitative estimate of drug-likeness (QED) is 0.675. The van der Waals surface area contributed by atoms with Crippen LogP contribution in [0, 0.1) is 3.57 Å². The normalized spacial score (nSPS) is 10.7. The lowest BCUT2D eigenvalue weighted by atomic mass is 10.1. The average Bonchev–Trinajstić information content (AvgIpc) is 2.15. The van der Waals surface area contributed by atoms with Gasteiger partial charge in [0.15, 0.2) is 0 Å². The minimum absolute atomic E-state index is 0.0132. The molecule has 3 nitrogen and oxygen atoms in total. The van der Waals surface area contributed by atoms with Crippen molar-refractivity contribution in [2.45, 2.75) is 12.3 Å². The summed E-state index contributed by atoms with van der Waals surface area (Å²) in [5.41, 5.74) is -0.619. The summed E-state index contributed by atoms with van der Waals surface area (Å²) < 4.78 is 25.2. The molecule has 0 unspecified atom stereocenters. The summed E-state index contributed by atoms with van der Waals surface area (Å²) in [4.78, 5) is 14.3. The maximum atomic E-state index is 12.6. The van der Waals surface area contributed by atoms with Crippen molar-refractivity contribution in [1.82, 2.24) is 4.98 Å². The van der Waals surface area contributed by atoms with Gasteiger partial charge in [-0.1, -0.05) is 0 Å². The number of nitrogens with zero attached hydrogens (tertiary/aromatic N) is 1. The minimum Gasteiger partial charge on any atom is -0.478 e. The molecule has 0 aromatic carbocycles. The van der Waals surface area contributed by atoms with Crippen molar-refractivity contribution in [2.24, 2.45) is 0 Å². The highest BCUT2D eigenvalue weighted by Crippen LogP contribution is 2.29. The number of alkyl halides is 3. The van der Waals surface area contributed by atoms with Crippen LogP contribution in [0.1, 0.15) is 28.0 Å². The number of carbonyl (C=O) groups is 1. The zero-order chi connectivity index (χ0) is 11.6. The first-order valence-electron chi connectivity index (χ1n) is 3.73. The minimum atomic E-state index is -2.78. The van der Waals surface area contributed by atoms with E-state index in [-0.39, 0.29) is 20.7 Å². The molecule has 0 fully saturated rings. The van der Waals surface area contributed by atoms with Crippen molar-refractivity contribution in [3.8, 4) is 0 Å². The molecular weight excluding hydrogens is 342 g/mol. The number of carboxylic acids is 1. The van der Waals surface area contributed by atoms with E-state index in [9.17, 15) is 13.6 Å². The number of rotatable bonds is 3. The molecule has 0 aliphatic rings. The zero-order valence-corrected chi connectivity index (χ0v) is 10.1. The molecule has 0 atom stereocenters. The Labute approximate surface area is 103 Å². The fourth-order valence-corrected chi connectivity index (χ4v) is 2.15. The zero-order valence-electron chi connectivity index (χ0n) is 7.18. The van der Waals surface area contributed by atoms with E-state index >= 15 is 0 Å². The molecule has 0 aliphatic heterocycles. The maximum absolute atomic E-state index is 12.6. The first-order valence-corrected chi connectivity index (χ1v) is 5.35. The van der Waals surface area contributed by atoms with Crippen molar-refractivity contribution in [3.05, 3.63) is 26.6 Å². The lowest BCUT2D eigenvalue weighted by Gasteiger charge is -2.09. The third-order valence-electron chi connectivity index (χ3n) is 1.71. The van der Waals surface area contributed by atoms with Crippen LogP contribution in [0.3, 0.4) is 0 Å². The molecule has 0 spiro atoms. The number of carboxylic acid groups (broad SMARTS) is 1. The number of pyridine rings is 1. The predicted octanol–water partition coefficient (Wildman–Crippen LogP) is 3.06. The Bertz CT molecular complexity index is 400. The highest BCUT2D eigenvalue weighted by Gasteiger charge is 2.22. The summed E-state index contributed by atoms with van der Waals surface area (Å²) in [6, 6.07) is 0. The van der Waals surface area contributed by atoms with Gasteiger partial charge in [-0.05, 0) is 22.6 Å². The van der Waals surface area contributed by atoms with Crippen LogP contribution in [0.15, 0.2) is 6.20 Å². The molecule has 7 heteroatoms. The van der Waals surface area contributed by atoms with Gasteiger partial charge in [0.25, 0.3) is 6.43 Å². The van der Waals surface area contributed by atoms with E-state index in [2.05, 4.69) is 4.98 Å². The van der Waals surface area contributed by atoms with Gasteiger partial charge in [-0.25, -0.2) is 13.6 Å². The van der Waals surface area contributed by atoms with E-state index in [1.807, 2.05) is 0 Å². The Morgan fingerprint density at radius 1 is 1.67 bits per heavy atom. The van der Waals surface area contributed by atoms with Gasteiger partial charge in [0, 0.05) is 9.77 Å². The molecule has 82 valence electrons. The molecule has 1 heterocycles. The molecule has 1 aromatic rings. The van der Waals surface area contributed by atoms with Crippen molar-refractivity contribution >= 4 is 40.2 Å². The molecule has 0 aliphatic carbocycles. The van der Waals surface area contributed by atoms with Gasteiger partial charge < -0.3 is 5.11 Å². The second kappa shape index (κ2) is 5.02. The summed E-state index contributed by atoms with van der Waals surface area (Å²) in [6.45, 7) is 0. The number of aromatic carboxylic acids is 1. The molecule has 15 heavy (non-hydrogen) atoms. The largest absolute Gasteiger partial charge is 0.478 e. The van der Waals surface area contributed by atoms with Crippen LogP contribution >= 0.6 is 34.2 Å². The number of aromatic nitrogens is 1. The van der Waals surface area contributed by atoms with Crippen LogP contribution in [0.2, 0.25) is 0 Å². The molecule has 1 N–H and O–H groups in total. The molecule has 0 radical (unpaired) electrons. The average molecular weight is 347 g/mol. The standard InChI is InChI=1S/C8H5ClF2INO2/c9-1-4-5(7(10)11)6(12)3(2-13-4)8(14)15/h2,7H,1H2,(H,14,15). The lowest BCUT2D eigenvalue weighted by Crippen LogP contribution is -2.08. The summed E-state index contributed by atoms with van der Waals surface area (Å²) in [7, 11) is 0. The molecule has 0 amide bonds. The van der Waals surface area contributed by atoms with Gasteiger partial charge in [0.2, 0.25) is 0 Å². The third kappa shape index (κ3) is 2.54. The number of hydrogen-bond donors (Lipinski definition) is 1. The van der Waals surface area contributed by atoms with E-state index in [0.29, 0.717) is 0 Å². The Morgan fingerprint density at radius 2 is 2.27 bits per heavy atom. The highest BCUT2D eigenvalue weighted by molar-refractivity contribution is 14.1. The fourth-order valence-electron chi connectivity index (χ4n) is 1.02. The number of hydrogen-bond acceptors (Lipinski definition) is 2. The molecule has 1 aromatic heterocycles. The van der Waals surface area contributed by atoms with Gasteiger partial charge in [0.1, 0.15) is 0 Å². The first-order chi connectivity index (χ1) is 6.99. The summed E-state index contributed by atoms with van der Waals surface area (Å²) in [6.07, 6.45) is -1.74.